The number of hydrogen-bond acceptors (Lipinski definition) is 4. The van der Waals surface area contributed by atoms with Gasteiger partial charge in [0.15, 0.2) is 0 Å². The van der Waals surface area contributed by atoms with Gasteiger partial charge in [0.25, 0.3) is 11.5 Å². The van der Waals surface area contributed by atoms with Crippen LogP contribution in [0.1, 0.15) is 46.6 Å². The minimum absolute atomic E-state index is 0.101. The summed E-state index contributed by atoms with van der Waals surface area (Å²) in [6, 6.07) is 8.19. The molecule has 1 amide bonds. The van der Waals surface area contributed by atoms with E-state index in [9.17, 15) is 22.8 Å². The van der Waals surface area contributed by atoms with Gasteiger partial charge in [-0.1, -0.05) is 12.1 Å². The zero-order valence-corrected chi connectivity index (χ0v) is 20.2. The first-order valence-corrected chi connectivity index (χ1v) is 12.5. The molecule has 0 spiro atoms. The Bertz CT molecular complexity index is 1520. The van der Waals surface area contributed by atoms with Crippen molar-refractivity contribution in [2.75, 3.05) is 19.7 Å². The van der Waals surface area contributed by atoms with Crippen molar-refractivity contribution in [3.63, 3.8) is 0 Å². The number of carbonyl (C=O) groups is 1. The molecule has 2 aliphatic carbocycles. The molecule has 3 aromatic rings. The number of fused-ring (bicyclic) bond motifs is 4. The summed E-state index contributed by atoms with van der Waals surface area (Å²) >= 11 is 0. The van der Waals surface area contributed by atoms with E-state index in [0.717, 1.165) is 17.7 Å². The molecule has 192 valence electrons. The third kappa shape index (κ3) is 3.17. The average molecular weight is 511 g/mol. The second-order valence-corrected chi connectivity index (χ2v) is 10.9. The van der Waals surface area contributed by atoms with Gasteiger partial charge in [0.05, 0.1) is 24.0 Å². The molecule has 0 bridgehead atoms. The zero-order chi connectivity index (χ0) is 25.7. The van der Waals surface area contributed by atoms with E-state index in [1.165, 1.54) is 4.57 Å². The molecule has 4 aliphatic rings. The first-order chi connectivity index (χ1) is 17.6. The molecule has 4 heterocycles. The number of benzene rings is 1. The molecular formula is C27H25F3N4O3. The topological polar surface area (TPSA) is 69.4 Å². The van der Waals surface area contributed by atoms with Crippen LogP contribution in [0.15, 0.2) is 47.7 Å². The molecule has 7 nitrogen and oxygen atoms in total. The van der Waals surface area contributed by atoms with Crippen molar-refractivity contribution < 1.29 is 22.7 Å². The van der Waals surface area contributed by atoms with Crippen LogP contribution >= 0.6 is 0 Å². The number of halogens is 3. The molecule has 2 aromatic heterocycles. The van der Waals surface area contributed by atoms with Gasteiger partial charge in [-0.2, -0.15) is 13.2 Å². The standard InChI is InChI=1S/C27H25F3N4O3/c1-16-12-33(15-31-16)20-3-4-21-23(35)32(8-9-34(21)24(20)36)14-25-11-18(25)13-37-22-5-2-17(10-19(22)25)26(6-7-26)27(28,29)30/h2-5,10,12,15,18H,6-9,11,13-14H2,1H3/t18-,25?/m0/s1. The van der Waals surface area contributed by atoms with Crippen LogP contribution in [-0.2, 0) is 17.4 Å². The number of imidazole rings is 1. The number of alkyl halides is 3. The molecule has 10 heteroatoms. The molecule has 0 N–H and O–H groups in total. The van der Waals surface area contributed by atoms with Gasteiger partial charge in [0, 0.05) is 42.7 Å². The van der Waals surface area contributed by atoms with Gasteiger partial charge < -0.3 is 18.8 Å². The lowest BCUT2D eigenvalue weighted by Crippen LogP contribution is -2.48. The zero-order valence-electron chi connectivity index (χ0n) is 20.2. The Kier molecular flexibility index (Phi) is 4.44. The number of pyridine rings is 1. The molecule has 2 fully saturated rings. The first kappa shape index (κ1) is 22.6. The van der Waals surface area contributed by atoms with Crippen LogP contribution in [0.3, 0.4) is 0 Å². The number of carbonyl (C=O) groups excluding carboxylic acids is 1. The molecule has 0 saturated heterocycles. The Hall–Kier alpha value is -3.56. The van der Waals surface area contributed by atoms with Crippen molar-refractivity contribution in [2.45, 2.75) is 49.7 Å². The number of hydrogen-bond donors (Lipinski definition) is 0. The fraction of sp³-hybridized carbons (Fsp3) is 0.444. The quantitative estimate of drug-likeness (QED) is 0.536. The predicted octanol–water partition coefficient (Wildman–Crippen LogP) is 3.74. The first-order valence-electron chi connectivity index (χ1n) is 12.5. The van der Waals surface area contributed by atoms with Gasteiger partial charge in [0.1, 0.15) is 17.1 Å². The second-order valence-electron chi connectivity index (χ2n) is 10.9. The highest BCUT2D eigenvalue weighted by Crippen LogP contribution is 2.63. The van der Waals surface area contributed by atoms with Gasteiger partial charge in [-0.05, 0) is 49.9 Å². The van der Waals surface area contributed by atoms with E-state index in [2.05, 4.69) is 4.98 Å². The molecule has 2 atom stereocenters. The molecule has 2 saturated carbocycles. The molecule has 1 unspecified atom stereocenters. The molecular weight excluding hydrogens is 485 g/mol. The summed E-state index contributed by atoms with van der Waals surface area (Å²) in [4.78, 5) is 32.6. The highest BCUT2D eigenvalue weighted by molar-refractivity contribution is 5.93. The van der Waals surface area contributed by atoms with E-state index >= 15 is 0 Å². The van der Waals surface area contributed by atoms with E-state index in [1.807, 2.05) is 6.92 Å². The maximum Gasteiger partial charge on any atom is 0.398 e. The Morgan fingerprint density at radius 1 is 1.14 bits per heavy atom. The van der Waals surface area contributed by atoms with Crippen LogP contribution < -0.4 is 10.3 Å². The lowest BCUT2D eigenvalue weighted by Gasteiger charge is -2.35. The van der Waals surface area contributed by atoms with Crippen LogP contribution in [0.5, 0.6) is 5.75 Å². The summed E-state index contributed by atoms with van der Waals surface area (Å²) in [5.74, 6) is 0.520. The van der Waals surface area contributed by atoms with Crippen LogP contribution in [0.2, 0.25) is 0 Å². The van der Waals surface area contributed by atoms with E-state index in [-0.39, 0.29) is 30.2 Å². The van der Waals surface area contributed by atoms with E-state index < -0.39 is 17.0 Å². The maximum atomic E-state index is 13.8. The maximum absolute atomic E-state index is 13.8. The highest BCUT2D eigenvalue weighted by Gasteiger charge is 2.65. The van der Waals surface area contributed by atoms with Crippen LogP contribution in [0.4, 0.5) is 13.2 Å². The van der Waals surface area contributed by atoms with Crippen LogP contribution in [0, 0.1) is 12.8 Å². The Morgan fingerprint density at radius 3 is 2.65 bits per heavy atom. The Labute approximate surface area is 210 Å². The molecule has 2 aliphatic heterocycles. The van der Waals surface area contributed by atoms with Gasteiger partial charge in [-0.25, -0.2) is 4.98 Å². The lowest BCUT2D eigenvalue weighted by molar-refractivity contribution is -0.160. The van der Waals surface area contributed by atoms with E-state index in [1.54, 1.807) is 52.3 Å². The van der Waals surface area contributed by atoms with Crippen LogP contribution in [-0.4, -0.2) is 50.8 Å². The minimum Gasteiger partial charge on any atom is -0.493 e. The number of ether oxygens (including phenoxy) is 1. The number of aryl methyl sites for hydroxylation is 1. The number of nitrogens with zero attached hydrogens (tertiary/aromatic N) is 4. The number of amides is 1. The third-order valence-corrected chi connectivity index (χ3v) is 8.75. The molecule has 37 heavy (non-hydrogen) atoms. The molecule has 0 radical (unpaired) electrons. The average Bonchev–Trinajstić information content (AvgIpc) is 3.77. The molecule has 1 aromatic carbocycles. The Morgan fingerprint density at radius 2 is 1.95 bits per heavy atom. The fourth-order valence-electron chi connectivity index (χ4n) is 6.30. The second kappa shape index (κ2) is 7.26. The third-order valence-electron chi connectivity index (χ3n) is 8.75. The van der Waals surface area contributed by atoms with Gasteiger partial charge in [-0.15, -0.1) is 0 Å². The predicted molar refractivity (Wildman–Crippen MR) is 127 cm³/mol. The summed E-state index contributed by atoms with van der Waals surface area (Å²) < 4.78 is 50.5. The monoisotopic (exact) mass is 510 g/mol. The smallest absolute Gasteiger partial charge is 0.398 e. The highest BCUT2D eigenvalue weighted by atomic mass is 19.4. The normalized spacial score (nSPS) is 25.1. The summed E-state index contributed by atoms with van der Waals surface area (Å²) in [5, 5.41) is 0. The van der Waals surface area contributed by atoms with Gasteiger partial charge in [-0.3, -0.25) is 9.59 Å². The number of rotatable bonds is 4. The summed E-state index contributed by atoms with van der Waals surface area (Å²) in [6.45, 7) is 3.43. The van der Waals surface area contributed by atoms with Crippen molar-refractivity contribution >= 4 is 5.91 Å². The van der Waals surface area contributed by atoms with Crippen molar-refractivity contribution in [2.24, 2.45) is 5.92 Å². The number of aromatic nitrogens is 3. The van der Waals surface area contributed by atoms with E-state index in [4.69, 9.17) is 4.74 Å². The summed E-state index contributed by atoms with van der Waals surface area (Å²) in [7, 11) is 0. The lowest BCUT2D eigenvalue weighted by atomic mass is 9.85. The Balaban J connectivity index is 1.20. The van der Waals surface area contributed by atoms with Gasteiger partial charge >= 0.3 is 6.18 Å². The minimum atomic E-state index is -4.29. The van der Waals surface area contributed by atoms with E-state index in [0.29, 0.717) is 48.9 Å². The summed E-state index contributed by atoms with van der Waals surface area (Å²) in [5.41, 5.74) is 0.154. The van der Waals surface area contributed by atoms with Crippen molar-refractivity contribution in [1.82, 2.24) is 19.0 Å². The molecule has 7 rings (SSSR count). The van der Waals surface area contributed by atoms with Crippen LogP contribution in [0.25, 0.3) is 5.69 Å². The summed E-state index contributed by atoms with van der Waals surface area (Å²) in [6.07, 6.45) is 0.00379. The van der Waals surface area contributed by atoms with Crippen molar-refractivity contribution in [1.29, 1.82) is 0 Å². The fourth-order valence-corrected chi connectivity index (χ4v) is 6.30. The largest absolute Gasteiger partial charge is 0.493 e. The SMILES string of the molecule is Cc1cn(-c2ccc3n(c2=O)CCN(CC24C[C@H]2COc2ccc(C5(C(F)(F)F)CC5)cc24)C3=O)cn1. The van der Waals surface area contributed by atoms with Gasteiger partial charge in [0.2, 0.25) is 0 Å². The van der Waals surface area contributed by atoms with Crippen molar-refractivity contribution in [3.05, 3.63) is 75.7 Å². The van der Waals surface area contributed by atoms with Crippen molar-refractivity contribution in [3.8, 4) is 11.4 Å².